The van der Waals surface area contributed by atoms with Gasteiger partial charge in [0.05, 0.1) is 10.9 Å². The van der Waals surface area contributed by atoms with Gasteiger partial charge in [-0.05, 0) is 43.4 Å². The van der Waals surface area contributed by atoms with Crippen LogP contribution in [-0.2, 0) is 27.1 Å². The minimum absolute atomic E-state index is 0.0606. The van der Waals surface area contributed by atoms with Crippen molar-refractivity contribution in [3.05, 3.63) is 65.7 Å². The predicted octanol–water partition coefficient (Wildman–Crippen LogP) is 3.22. The maximum Gasteiger partial charge on any atom is 0.326 e. The fraction of sp³-hybridized carbons (Fsp3) is 0.350. The second kappa shape index (κ2) is 6.73. The Balaban J connectivity index is 1.44. The van der Waals surface area contributed by atoms with Gasteiger partial charge >= 0.3 is 5.97 Å². The van der Waals surface area contributed by atoms with Gasteiger partial charge in [0.1, 0.15) is 23.6 Å². The molecule has 2 aliphatic rings. The number of aryl methyl sites for hydroxylation is 1. The van der Waals surface area contributed by atoms with Crippen molar-refractivity contribution in [3.63, 3.8) is 0 Å². The second-order valence-electron chi connectivity index (χ2n) is 6.79. The molecule has 1 heterocycles. The van der Waals surface area contributed by atoms with Crippen LogP contribution in [0.2, 0.25) is 0 Å². The van der Waals surface area contributed by atoms with Crippen molar-refractivity contribution in [1.82, 2.24) is 4.31 Å². The lowest BCUT2D eigenvalue weighted by atomic mass is 10.2. The summed E-state index contributed by atoms with van der Waals surface area (Å²) in [5.41, 5.74) is 2.09. The van der Waals surface area contributed by atoms with Gasteiger partial charge in [-0.2, -0.15) is 4.31 Å². The van der Waals surface area contributed by atoms with Crippen LogP contribution in [0.3, 0.4) is 0 Å². The zero-order chi connectivity index (χ0) is 17.4. The number of nitrogens with zero attached hydrogens (tertiary/aromatic N) is 1. The molecule has 25 heavy (non-hydrogen) atoms. The highest BCUT2D eigenvalue weighted by atomic mass is 32.2. The molecule has 0 bridgehead atoms. The summed E-state index contributed by atoms with van der Waals surface area (Å²) in [7, 11) is -1.31. The van der Waals surface area contributed by atoms with Crippen LogP contribution in [0, 0.1) is 12.8 Å². The maximum absolute atomic E-state index is 12.9. The quantitative estimate of drug-likeness (QED) is 0.590. The summed E-state index contributed by atoms with van der Waals surface area (Å²) in [6.07, 6.45) is 2.21. The average molecular weight is 355 g/mol. The Morgan fingerprint density at radius 3 is 2.44 bits per heavy atom. The highest BCUT2D eigenvalue weighted by Gasteiger charge is 2.62. The number of ether oxygens (including phenoxy) is 1. The van der Waals surface area contributed by atoms with Gasteiger partial charge in [-0.25, -0.2) is 4.21 Å². The molecule has 1 saturated carbocycles. The number of carbonyl (C=O) groups excluding carboxylic acids is 1. The molecule has 0 radical (unpaired) electrons. The molecule has 1 aliphatic carbocycles. The largest absolute Gasteiger partial charge is 0.460 e. The third-order valence-electron chi connectivity index (χ3n) is 4.79. The van der Waals surface area contributed by atoms with Gasteiger partial charge in [-0.15, -0.1) is 0 Å². The fourth-order valence-electron chi connectivity index (χ4n) is 3.18. The van der Waals surface area contributed by atoms with Crippen LogP contribution in [0.15, 0.2) is 59.5 Å². The Morgan fingerprint density at radius 2 is 1.80 bits per heavy atom. The van der Waals surface area contributed by atoms with E-state index in [0.29, 0.717) is 5.92 Å². The summed E-state index contributed by atoms with van der Waals surface area (Å²) in [5.74, 6) is 0.213. The Kier molecular flexibility index (Phi) is 4.44. The van der Waals surface area contributed by atoms with Crippen molar-refractivity contribution in [1.29, 1.82) is 0 Å². The molecule has 4 nitrogen and oxygen atoms in total. The lowest BCUT2D eigenvalue weighted by Gasteiger charge is -2.06. The first-order chi connectivity index (χ1) is 12.1. The normalized spacial score (nSPS) is 26.0. The van der Waals surface area contributed by atoms with Crippen molar-refractivity contribution in [2.24, 2.45) is 5.92 Å². The van der Waals surface area contributed by atoms with Gasteiger partial charge in [0.2, 0.25) is 0 Å². The average Bonchev–Trinajstić information content (AvgIpc) is 3.53. The highest BCUT2D eigenvalue weighted by Crippen LogP contribution is 2.49. The molecule has 130 valence electrons. The molecule has 0 aromatic heterocycles. The Morgan fingerprint density at radius 1 is 1.12 bits per heavy atom. The standard InChI is InChI=1S/C20H21NO3S/c1-14-7-11-17(12-8-14)25(23)21-18(16-9-10-16)19(21)20(22)24-13-15-5-3-2-4-6-15/h2-8,11-12,16,18-19H,9-10,13H2,1H3/t18-,19-,21?,25-/m0/s1. The molecule has 1 unspecified atom stereocenters. The van der Waals surface area contributed by atoms with E-state index >= 15 is 0 Å². The monoisotopic (exact) mass is 355 g/mol. The van der Waals surface area contributed by atoms with Crippen LogP contribution in [0.4, 0.5) is 0 Å². The van der Waals surface area contributed by atoms with E-state index in [1.54, 1.807) is 0 Å². The first-order valence-corrected chi connectivity index (χ1v) is 9.73. The third-order valence-corrected chi connectivity index (χ3v) is 6.32. The van der Waals surface area contributed by atoms with Crippen molar-refractivity contribution < 1.29 is 13.7 Å². The summed E-state index contributed by atoms with van der Waals surface area (Å²) in [4.78, 5) is 13.3. The molecule has 4 atom stereocenters. The van der Waals surface area contributed by atoms with Crippen molar-refractivity contribution in [3.8, 4) is 0 Å². The Bertz CT molecular complexity index is 786. The lowest BCUT2D eigenvalue weighted by molar-refractivity contribution is -0.144. The van der Waals surface area contributed by atoms with E-state index in [2.05, 4.69) is 0 Å². The summed E-state index contributed by atoms with van der Waals surface area (Å²) in [6, 6.07) is 17.0. The molecule has 2 aromatic rings. The van der Waals surface area contributed by atoms with Crippen molar-refractivity contribution in [2.75, 3.05) is 0 Å². The van der Waals surface area contributed by atoms with Crippen molar-refractivity contribution in [2.45, 2.75) is 43.4 Å². The van der Waals surface area contributed by atoms with E-state index < -0.39 is 11.0 Å². The van der Waals surface area contributed by atoms with Crippen LogP contribution < -0.4 is 0 Å². The van der Waals surface area contributed by atoms with E-state index in [4.69, 9.17) is 4.74 Å². The number of hydrogen-bond donors (Lipinski definition) is 0. The molecular formula is C20H21NO3S. The summed E-state index contributed by atoms with van der Waals surface area (Å²) < 4.78 is 20.2. The molecule has 4 rings (SSSR count). The van der Waals surface area contributed by atoms with E-state index in [1.165, 1.54) is 0 Å². The highest BCUT2D eigenvalue weighted by molar-refractivity contribution is 7.83. The van der Waals surface area contributed by atoms with Gasteiger partial charge in [-0.1, -0.05) is 48.0 Å². The SMILES string of the molecule is Cc1ccc([S@](=O)N2[C@H](C(=O)OCc3ccccc3)[C@@H]2C2CC2)cc1. The smallest absolute Gasteiger partial charge is 0.326 e. The number of benzene rings is 2. The Hall–Kier alpha value is -1.98. The topological polar surface area (TPSA) is 46.4 Å². The molecule has 0 N–H and O–H groups in total. The van der Waals surface area contributed by atoms with Gasteiger partial charge in [0.25, 0.3) is 0 Å². The molecule has 0 spiro atoms. The van der Waals surface area contributed by atoms with Gasteiger partial charge in [-0.3, -0.25) is 4.79 Å². The van der Waals surface area contributed by atoms with Gasteiger partial charge in [0.15, 0.2) is 0 Å². The zero-order valence-electron chi connectivity index (χ0n) is 14.1. The van der Waals surface area contributed by atoms with Gasteiger partial charge < -0.3 is 4.74 Å². The first kappa shape index (κ1) is 16.5. The van der Waals surface area contributed by atoms with E-state index in [1.807, 2.05) is 65.8 Å². The molecule has 1 saturated heterocycles. The summed E-state index contributed by atoms with van der Waals surface area (Å²) in [5, 5.41) is 0. The molecular weight excluding hydrogens is 334 g/mol. The number of hydrogen-bond acceptors (Lipinski definition) is 3. The first-order valence-electron chi connectivity index (χ1n) is 8.62. The van der Waals surface area contributed by atoms with Crippen LogP contribution in [0.25, 0.3) is 0 Å². The fourth-order valence-corrected chi connectivity index (χ4v) is 4.66. The van der Waals surface area contributed by atoms with Crippen LogP contribution >= 0.6 is 0 Å². The van der Waals surface area contributed by atoms with Gasteiger partial charge in [0, 0.05) is 0 Å². The van der Waals surface area contributed by atoms with E-state index in [-0.39, 0.29) is 24.7 Å². The molecule has 0 amide bonds. The van der Waals surface area contributed by atoms with Crippen LogP contribution in [0.1, 0.15) is 24.0 Å². The Labute approximate surface area is 150 Å². The molecule has 2 fully saturated rings. The van der Waals surface area contributed by atoms with Crippen LogP contribution in [-0.4, -0.2) is 26.6 Å². The maximum atomic E-state index is 12.9. The predicted molar refractivity (Wildman–Crippen MR) is 96.0 cm³/mol. The zero-order valence-corrected chi connectivity index (χ0v) is 14.9. The van der Waals surface area contributed by atoms with Crippen molar-refractivity contribution >= 4 is 17.0 Å². The lowest BCUT2D eigenvalue weighted by Crippen LogP contribution is -2.18. The minimum atomic E-state index is -1.31. The van der Waals surface area contributed by atoms with E-state index in [9.17, 15) is 9.00 Å². The van der Waals surface area contributed by atoms with E-state index in [0.717, 1.165) is 28.9 Å². The summed E-state index contributed by atoms with van der Waals surface area (Å²) >= 11 is 0. The second-order valence-corrected chi connectivity index (χ2v) is 8.18. The minimum Gasteiger partial charge on any atom is -0.460 e. The van der Waals surface area contributed by atoms with Crippen LogP contribution in [0.5, 0.6) is 0 Å². The number of esters is 1. The third kappa shape index (κ3) is 3.53. The molecule has 2 aromatic carbocycles. The molecule has 5 heteroatoms. The molecule has 1 aliphatic heterocycles. The number of rotatable bonds is 6. The number of carbonyl (C=O) groups is 1. The summed E-state index contributed by atoms with van der Waals surface area (Å²) in [6.45, 7) is 2.26.